The van der Waals surface area contributed by atoms with Gasteiger partial charge in [-0.05, 0) is 30.3 Å². The Balaban J connectivity index is 2.09. The Labute approximate surface area is 180 Å². The predicted octanol–water partition coefficient (Wildman–Crippen LogP) is 3.17. The molecule has 0 unspecified atom stereocenters. The number of halogens is 1. The first kappa shape index (κ1) is 23.7. The van der Waals surface area contributed by atoms with E-state index in [1.165, 1.54) is 23.5 Å². The molecule has 8 nitrogen and oxygen atoms in total. The van der Waals surface area contributed by atoms with Crippen LogP contribution in [0.5, 0.6) is 5.75 Å². The highest BCUT2D eigenvalue weighted by Crippen LogP contribution is 2.26. The molecule has 0 bridgehead atoms. The fourth-order valence-corrected chi connectivity index (χ4v) is 4.60. The fraction of sp³-hybridized carbons (Fsp3) is 0.300. The van der Waals surface area contributed by atoms with Crippen molar-refractivity contribution >= 4 is 39.2 Å². The molecule has 2 aromatic rings. The fourth-order valence-electron chi connectivity index (χ4n) is 2.64. The highest BCUT2D eigenvalue weighted by atomic mass is 35.5. The third-order valence-corrected chi connectivity index (χ3v) is 6.71. The summed E-state index contributed by atoms with van der Waals surface area (Å²) < 4.78 is 36.8. The summed E-state index contributed by atoms with van der Waals surface area (Å²) in [5.41, 5.74) is 0.453. The van der Waals surface area contributed by atoms with Gasteiger partial charge in [0, 0.05) is 24.8 Å². The van der Waals surface area contributed by atoms with E-state index >= 15 is 0 Å². The van der Waals surface area contributed by atoms with E-state index in [-0.39, 0.29) is 28.6 Å². The van der Waals surface area contributed by atoms with Crippen molar-refractivity contribution < 1.29 is 27.5 Å². The number of esters is 1. The smallest absolute Gasteiger partial charge is 0.338 e. The molecule has 0 saturated heterocycles. The second-order valence-corrected chi connectivity index (χ2v) is 8.40. The molecule has 10 heteroatoms. The third-order valence-electron chi connectivity index (χ3n) is 4.18. The van der Waals surface area contributed by atoms with E-state index in [2.05, 4.69) is 5.32 Å². The van der Waals surface area contributed by atoms with Crippen LogP contribution < -0.4 is 10.1 Å². The summed E-state index contributed by atoms with van der Waals surface area (Å²) in [6.07, 6.45) is 0. The van der Waals surface area contributed by atoms with Crippen LogP contribution in [0.2, 0.25) is 5.02 Å². The normalized spacial score (nSPS) is 11.2. The first-order valence-electron chi connectivity index (χ1n) is 9.13. The first-order valence-corrected chi connectivity index (χ1v) is 11.0. The van der Waals surface area contributed by atoms with E-state index in [4.69, 9.17) is 21.1 Å². The maximum absolute atomic E-state index is 12.7. The number of anilines is 1. The van der Waals surface area contributed by atoms with Crippen molar-refractivity contribution in [3.63, 3.8) is 0 Å². The Morgan fingerprint density at radius 1 is 1.10 bits per heavy atom. The van der Waals surface area contributed by atoms with Gasteiger partial charge in [0.2, 0.25) is 10.0 Å². The number of hydrogen-bond acceptors (Lipinski definition) is 6. The van der Waals surface area contributed by atoms with Crippen LogP contribution in [-0.4, -0.2) is 51.4 Å². The van der Waals surface area contributed by atoms with Crippen LogP contribution >= 0.6 is 11.6 Å². The van der Waals surface area contributed by atoms with Crippen LogP contribution in [0.3, 0.4) is 0 Å². The molecule has 1 amide bonds. The van der Waals surface area contributed by atoms with Crippen LogP contribution in [0, 0.1) is 0 Å². The van der Waals surface area contributed by atoms with Crippen molar-refractivity contribution in [3.8, 4) is 5.75 Å². The zero-order valence-electron chi connectivity index (χ0n) is 16.8. The van der Waals surface area contributed by atoms with Gasteiger partial charge in [0.1, 0.15) is 10.6 Å². The number of carbonyl (C=O) groups is 2. The zero-order chi connectivity index (χ0) is 22.3. The van der Waals surface area contributed by atoms with Gasteiger partial charge < -0.3 is 14.8 Å². The van der Waals surface area contributed by atoms with E-state index in [0.29, 0.717) is 11.4 Å². The van der Waals surface area contributed by atoms with Gasteiger partial charge in [-0.1, -0.05) is 31.5 Å². The zero-order valence-corrected chi connectivity index (χ0v) is 18.4. The molecule has 2 rings (SSSR count). The van der Waals surface area contributed by atoms with Gasteiger partial charge in [-0.15, -0.1) is 0 Å². The van der Waals surface area contributed by atoms with Gasteiger partial charge in [0.25, 0.3) is 5.91 Å². The van der Waals surface area contributed by atoms with Crippen LogP contribution in [0.1, 0.15) is 24.2 Å². The largest absolute Gasteiger partial charge is 0.497 e. The van der Waals surface area contributed by atoms with Gasteiger partial charge in [0.05, 0.1) is 17.7 Å². The highest BCUT2D eigenvalue weighted by Gasteiger charge is 2.26. The van der Waals surface area contributed by atoms with Crippen molar-refractivity contribution in [2.45, 2.75) is 18.7 Å². The van der Waals surface area contributed by atoms with Crippen molar-refractivity contribution in [2.75, 3.05) is 32.1 Å². The number of benzene rings is 2. The van der Waals surface area contributed by atoms with Gasteiger partial charge in [0.15, 0.2) is 6.61 Å². The first-order chi connectivity index (χ1) is 14.2. The van der Waals surface area contributed by atoms with E-state index in [1.54, 1.807) is 38.1 Å². The van der Waals surface area contributed by atoms with Crippen LogP contribution in [0.25, 0.3) is 0 Å². The molecular weight excluding hydrogens is 432 g/mol. The van der Waals surface area contributed by atoms with E-state index in [0.717, 1.165) is 6.07 Å². The number of sulfonamides is 1. The van der Waals surface area contributed by atoms with Crippen LogP contribution in [0.4, 0.5) is 5.69 Å². The quantitative estimate of drug-likeness (QED) is 0.584. The van der Waals surface area contributed by atoms with Gasteiger partial charge in [-0.25, -0.2) is 13.2 Å². The molecule has 30 heavy (non-hydrogen) atoms. The van der Waals surface area contributed by atoms with Crippen molar-refractivity contribution in [3.05, 3.63) is 53.1 Å². The standard InChI is InChI=1S/C20H23ClN2O6S/c1-4-23(5-2)30(26,27)18-11-14(9-10-17(18)21)20(25)29-13-19(24)22-15-7-6-8-16(12-15)28-3/h6-12H,4-5,13H2,1-3H3,(H,22,24). The number of hydrogen-bond donors (Lipinski definition) is 1. The summed E-state index contributed by atoms with van der Waals surface area (Å²) in [5.74, 6) is -0.835. The molecule has 1 N–H and O–H groups in total. The lowest BCUT2D eigenvalue weighted by molar-refractivity contribution is -0.119. The molecule has 0 radical (unpaired) electrons. The molecule has 2 aromatic carbocycles. The molecule has 0 saturated carbocycles. The maximum Gasteiger partial charge on any atom is 0.338 e. The Morgan fingerprint density at radius 2 is 1.80 bits per heavy atom. The van der Waals surface area contributed by atoms with Crippen molar-refractivity contribution in [2.24, 2.45) is 0 Å². The molecule has 162 valence electrons. The van der Waals surface area contributed by atoms with Gasteiger partial charge >= 0.3 is 5.97 Å². The Kier molecular flexibility index (Phi) is 8.22. The second kappa shape index (κ2) is 10.4. The average molecular weight is 455 g/mol. The molecule has 0 atom stereocenters. The van der Waals surface area contributed by atoms with Gasteiger partial charge in [-0.3, -0.25) is 4.79 Å². The minimum absolute atomic E-state index is 0.00535. The number of rotatable bonds is 9. The van der Waals surface area contributed by atoms with Gasteiger partial charge in [-0.2, -0.15) is 4.31 Å². The lowest BCUT2D eigenvalue weighted by Crippen LogP contribution is -2.31. The minimum Gasteiger partial charge on any atom is -0.497 e. The lowest BCUT2D eigenvalue weighted by Gasteiger charge is -2.19. The van der Waals surface area contributed by atoms with Crippen molar-refractivity contribution in [1.29, 1.82) is 0 Å². The summed E-state index contributed by atoms with van der Waals surface area (Å²) in [6, 6.07) is 10.5. The summed E-state index contributed by atoms with van der Waals surface area (Å²) in [5, 5.41) is 2.57. The Bertz CT molecular complexity index is 1020. The number of methoxy groups -OCH3 is 1. The van der Waals surface area contributed by atoms with Crippen LogP contribution in [0.15, 0.2) is 47.4 Å². The predicted molar refractivity (Wildman–Crippen MR) is 113 cm³/mol. The van der Waals surface area contributed by atoms with E-state index < -0.39 is 28.5 Å². The summed E-state index contributed by atoms with van der Waals surface area (Å²) >= 11 is 6.05. The summed E-state index contributed by atoms with van der Waals surface area (Å²) in [7, 11) is -2.36. The summed E-state index contributed by atoms with van der Waals surface area (Å²) in [6.45, 7) is 3.38. The Morgan fingerprint density at radius 3 is 2.43 bits per heavy atom. The van der Waals surface area contributed by atoms with E-state index in [9.17, 15) is 18.0 Å². The Hall–Kier alpha value is -2.62. The number of nitrogens with one attached hydrogen (secondary N) is 1. The number of ether oxygens (including phenoxy) is 2. The summed E-state index contributed by atoms with van der Waals surface area (Å²) in [4.78, 5) is 24.2. The molecule has 0 aliphatic rings. The third kappa shape index (κ3) is 5.71. The molecule has 0 spiro atoms. The molecule has 0 aliphatic carbocycles. The highest BCUT2D eigenvalue weighted by molar-refractivity contribution is 7.89. The SMILES string of the molecule is CCN(CC)S(=O)(=O)c1cc(C(=O)OCC(=O)Nc2cccc(OC)c2)ccc1Cl. The molecule has 0 fully saturated rings. The topological polar surface area (TPSA) is 102 Å². The average Bonchev–Trinajstić information content (AvgIpc) is 2.73. The second-order valence-electron chi connectivity index (χ2n) is 6.09. The molecule has 0 heterocycles. The number of nitrogens with zero attached hydrogens (tertiary/aromatic N) is 1. The molecular formula is C20H23ClN2O6S. The lowest BCUT2D eigenvalue weighted by atomic mass is 10.2. The minimum atomic E-state index is -3.86. The van der Waals surface area contributed by atoms with Crippen molar-refractivity contribution in [1.82, 2.24) is 4.31 Å². The number of amides is 1. The number of carbonyl (C=O) groups excluding carboxylic acids is 2. The molecule has 0 aromatic heterocycles. The molecule has 0 aliphatic heterocycles. The van der Waals surface area contributed by atoms with E-state index in [1.807, 2.05) is 0 Å². The van der Waals surface area contributed by atoms with Crippen LogP contribution in [-0.2, 0) is 19.6 Å². The monoisotopic (exact) mass is 454 g/mol. The maximum atomic E-state index is 12.7.